The molecule has 0 aliphatic carbocycles. The number of hydrogen-bond acceptors (Lipinski definition) is 6. The number of benzene rings is 1. The van der Waals surface area contributed by atoms with Crippen LogP contribution in [0.1, 0.15) is 12.5 Å². The van der Waals surface area contributed by atoms with Crippen LogP contribution in [0.25, 0.3) is 11.0 Å². The lowest BCUT2D eigenvalue weighted by molar-refractivity contribution is 0.414. The van der Waals surface area contributed by atoms with Gasteiger partial charge in [0.05, 0.1) is 13.4 Å². The molecule has 0 fully saturated rings. The number of ether oxygens (including phenoxy) is 1. The molecule has 1 aromatic carbocycles. The molecule has 3 rings (SSSR count). The van der Waals surface area contributed by atoms with Crippen molar-refractivity contribution in [2.45, 2.75) is 12.7 Å². The first-order chi connectivity index (χ1) is 12.1. The molecule has 0 atom stereocenters. The van der Waals surface area contributed by atoms with Gasteiger partial charge in [-0.2, -0.15) is 0 Å². The predicted molar refractivity (Wildman–Crippen MR) is 101 cm³/mol. The van der Waals surface area contributed by atoms with Gasteiger partial charge >= 0.3 is 5.63 Å². The maximum absolute atomic E-state index is 11.8. The Labute approximate surface area is 148 Å². The van der Waals surface area contributed by atoms with Gasteiger partial charge < -0.3 is 14.5 Å². The van der Waals surface area contributed by atoms with Gasteiger partial charge in [0.25, 0.3) is 0 Å². The Morgan fingerprint density at radius 3 is 3.08 bits per heavy atom. The van der Waals surface area contributed by atoms with Crippen molar-refractivity contribution in [1.82, 2.24) is 5.32 Å². The number of thioether (sulfide) groups is 1. The molecule has 1 aromatic heterocycles. The fraction of sp³-hybridized carbons (Fsp3) is 0.176. The van der Waals surface area contributed by atoms with Crippen molar-refractivity contribution in [3.05, 3.63) is 50.9 Å². The van der Waals surface area contributed by atoms with Gasteiger partial charge in [0.15, 0.2) is 5.84 Å². The van der Waals surface area contributed by atoms with E-state index < -0.39 is 5.63 Å². The normalized spacial score (nSPS) is 17.0. The van der Waals surface area contributed by atoms with E-state index in [4.69, 9.17) is 14.6 Å². The van der Waals surface area contributed by atoms with Crippen molar-refractivity contribution >= 4 is 41.2 Å². The number of aliphatic imine (C=N–C) groups is 2. The third kappa shape index (κ3) is 3.63. The molecule has 0 spiro atoms. The van der Waals surface area contributed by atoms with Crippen LogP contribution in [0.15, 0.2) is 54.1 Å². The van der Waals surface area contributed by atoms with E-state index in [-0.39, 0.29) is 0 Å². The Bertz CT molecular complexity index is 976. The molecule has 0 radical (unpaired) electrons. The van der Waals surface area contributed by atoms with E-state index in [1.165, 1.54) is 6.07 Å². The maximum atomic E-state index is 11.8. The van der Waals surface area contributed by atoms with Crippen LogP contribution >= 0.6 is 11.8 Å². The zero-order chi connectivity index (χ0) is 17.8. The van der Waals surface area contributed by atoms with Crippen molar-refractivity contribution in [3.8, 4) is 5.75 Å². The highest BCUT2D eigenvalue weighted by molar-refractivity contribution is 8.02. The highest BCUT2D eigenvalue weighted by Gasteiger charge is 2.15. The number of nitrogens with zero attached hydrogens (tertiary/aromatic N) is 2. The average Bonchev–Trinajstić information content (AvgIpc) is 3.07. The van der Waals surface area contributed by atoms with Crippen molar-refractivity contribution in [2.24, 2.45) is 9.98 Å². The van der Waals surface area contributed by atoms with Crippen LogP contribution in [0.2, 0.25) is 0 Å². The van der Waals surface area contributed by atoms with Crippen molar-refractivity contribution < 1.29 is 9.15 Å². The number of rotatable bonds is 5. The van der Waals surface area contributed by atoms with Gasteiger partial charge in [-0.05, 0) is 24.6 Å². The van der Waals surface area contributed by atoms with Gasteiger partial charge in [-0.1, -0.05) is 0 Å². The summed E-state index contributed by atoms with van der Waals surface area (Å²) < 4.78 is 10.4. The van der Waals surface area contributed by atoms with Crippen LogP contribution < -0.4 is 15.7 Å². The largest absolute Gasteiger partial charge is 0.497 e. The summed E-state index contributed by atoms with van der Waals surface area (Å²) in [5.74, 6) is 1.76. The van der Waals surface area contributed by atoms with Crippen LogP contribution in [-0.2, 0) is 5.75 Å². The molecule has 0 bridgehead atoms. The number of nitrogens with one attached hydrogen (secondary N) is 2. The molecule has 2 N–H and O–H groups in total. The molecular formula is C17H16N4O3S. The summed E-state index contributed by atoms with van der Waals surface area (Å²) in [4.78, 5) is 21.0. The van der Waals surface area contributed by atoms with Gasteiger partial charge in [-0.3, -0.25) is 5.41 Å². The summed E-state index contributed by atoms with van der Waals surface area (Å²) >= 11 is 1.55. The highest BCUT2D eigenvalue weighted by Crippen LogP contribution is 2.29. The Hall–Kier alpha value is -2.87. The first-order valence-corrected chi connectivity index (χ1v) is 8.41. The maximum Gasteiger partial charge on any atom is 0.336 e. The summed E-state index contributed by atoms with van der Waals surface area (Å²) in [5.41, 5.74) is 1.68. The standard InChI is InChI=1S/C17H16N4O3S/c1-10(16-17(19-8-18)21-9-20-16)25-7-11-5-15(22)24-14-6-12(23-2)3-4-13(11)14/h3-6,8-9H,7H2,1-2H3,(H2,18,19,20,21)/b16-10-. The lowest BCUT2D eigenvalue weighted by Crippen LogP contribution is -2.16. The Morgan fingerprint density at radius 1 is 1.48 bits per heavy atom. The number of methoxy groups -OCH3 is 1. The van der Waals surface area contributed by atoms with Crippen LogP contribution in [0.5, 0.6) is 5.75 Å². The summed E-state index contributed by atoms with van der Waals surface area (Å²) in [6.45, 7) is 1.93. The number of fused-ring (bicyclic) bond motifs is 1. The van der Waals surface area contributed by atoms with E-state index in [1.54, 1.807) is 31.3 Å². The molecule has 8 heteroatoms. The minimum atomic E-state index is -0.395. The second-order valence-corrected chi connectivity index (χ2v) is 6.35. The highest BCUT2D eigenvalue weighted by atomic mass is 32.2. The van der Waals surface area contributed by atoms with Gasteiger partial charge in [0.2, 0.25) is 0 Å². The lowest BCUT2D eigenvalue weighted by Gasteiger charge is -2.08. The third-order valence-electron chi connectivity index (χ3n) is 3.63. The molecule has 1 aliphatic heterocycles. The van der Waals surface area contributed by atoms with E-state index in [9.17, 15) is 4.79 Å². The molecule has 0 saturated heterocycles. The van der Waals surface area contributed by atoms with Crippen LogP contribution in [0.3, 0.4) is 0 Å². The van der Waals surface area contributed by atoms with Crippen LogP contribution in [-0.4, -0.2) is 25.6 Å². The Kier molecular flexibility index (Phi) is 4.99. The van der Waals surface area contributed by atoms with Crippen LogP contribution in [0.4, 0.5) is 0 Å². The van der Waals surface area contributed by atoms with Crippen molar-refractivity contribution in [3.63, 3.8) is 0 Å². The smallest absolute Gasteiger partial charge is 0.336 e. The minimum Gasteiger partial charge on any atom is -0.497 e. The van der Waals surface area contributed by atoms with Gasteiger partial charge in [-0.15, -0.1) is 11.8 Å². The Balaban J connectivity index is 1.91. The quantitative estimate of drug-likeness (QED) is 0.487. The van der Waals surface area contributed by atoms with E-state index in [1.807, 2.05) is 19.1 Å². The van der Waals surface area contributed by atoms with Gasteiger partial charge in [0.1, 0.15) is 23.4 Å². The minimum absolute atomic E-state index is 0.395. The molecule has 0 amide bonds. The van der Waals surface area contributed by atoms with Crippen molar-refractivity contribution in [2.75, 3.05) is 7.11 Å². The zero-order valence-electron chi connectivity index (χ0n) is 13.7. The summed E-state index contributed by atoms with van der Waals surface area (Å²) in [6, 6.07) is 6.92. The van der Waals surface area contributed by atoms with Gasteiger partial charge in [0, 0.05) is 28.2 Å². The van der Waals surface area contributed by atoms with E-state index in [0.717, 1.165) is 22.2 Å². The van der Waals surface area contributed by atoms with E-state index >= 15 is 0 Å². The topological polar surface area (TPSA) is 100 Å². The summed E-state index contributed by atoms with van der Waals surface area (Å²) in [5, 5.41) is 10.9. The molecular weight excluding hydrogens is 340 g/mol. The molecule has 2 heterocycles. The van der Waals surface area contributed by atoms with E-state index in [2.05, 4.69) is 15.3 Å². The first kappa shape index (κ1) is 17.0. The monoisotopic (exact) mass is 356 g/mol. The lowest BCUT2D eigenvalue weighted by atomic mass is 10.1. The van der Waals surface area contributed by atoms with Crippen molar-refractivity contribution in [1.29, 1.82) is 5.41 Å². The summed E-state index contributed by atoms with van der Waals surface area (Å²) in [6.07, 6.45) is 2.51. The van der Waals surface area contributed by atoms with Crippen LogP contribution in [0, 0.1) is 5.41 Å². The van der Waals surface area contributed by atoms with E-state index in [0.29, 0.717) is 28.6 Å². The van der Waals surface area contributed by atoms with Gasteiger partial charge in [-0.25, -0.2) is 14.8 Å². The molecule has 1 aliphatic rings. The number of allylic oxidation sites excluding steroid dienone is 1. The number of hydrogen-bond donors (Lipinski definition) is 2. The average molecular weight is 356 g/mol. The Morgan fingerprint density at radius 2 is 2.32 bits per heavy atom. The molecule has 2 aromatic rings. The second kappa shape index (κ2) is 7.35. The molecule has 0 saturated carbocycles. The number of amidine groups is 1. The third-order valence-corrected chi connectivity index (χ3v) is 4.71. The fourth-order valence-electron chi connectivity index (χ4n) is 2.42. The molecule has 128 valence electrons. The summed E-state index contributed by atoms with van der Waals surface area (Å²) in [7, 11) is 1.57. The molecule has 0 unspecified atom stereocenters. The zero-order valence-corrected chi connectivity index (χ0v) is 14.5. The molecule has 7 nitrogen and oxygen atoms in total. The first-order valence-electron chi connectivity index (χ1n) is 7.43. The second-order valence-electron chi connectivity index (χ2n) is 5.16. The predicted octanol–water partition coefficient (Wildman–Crippen LogP) is 2.90. The molecule has 25 heavy (non-hydrogen) atoms. The SMILES string of the molecule is COc1ccc2c(CS/C(C)=C3\N=CN\C3=N\C=N)cc(=O)oc2c1. The fourth-order valence-corrected chi connectivity index (χ4v) is 3.32.